The van der Waals surface area contributed by atoms with Gasteiger partial charge in [0.1, 0.15) is 16.3 Å². The van der Waals surface area contributed by atoms with Crippen molar-refractivity contribution in [1.82, 2.24) is 0 Å². The second-order valence-corrected chi connectivity index (χ2v) is 9.81. The third-order valence-corrected chi connectivity index (χ3v) is 8.39. The molecule has 2 aliphatic rings. The molecule has 0 saturated carbocycles. The van der Waals surface area contributed by atoms with Crippen molar-refractivity contribution in [3.8, 4) is 0 Å². The number of allylic oxidation sites excluding steroid dienone is 1. The van der Waals surface area contributed by atoms with Gasteiger partial charge in [0.15, 0.2) is 9.84 Å². The van der Waals surface area contributed by atoms with E-state index in [2.05, 4.69) is 0 Å². The lowest BCUT2D eigenvalue weighted by molar-refractivity contribution is 0.104. The molecule has 0 bridgehead atoms. The summed E-state index contributed by atoms with van der Waals surface area (Å²) in [5.41, 5.74) is 0.209. The van der Waals surface area contributed by atoms with Crippen molar-refractivity contribution in [3.05, 3.63) is 70.6 Å². The van der Waals surface area contributed by atoms with Gasteiger partial charge in [0, 0.05) is 11.1 Å². The summed E-state index contributed by atoms with van der Waals surface area (Å²) in [6.07, 6.45) is -0.557. The Morgan fingerprint density at radius 3 is 2.12 bits per heavy atom. The van der Waals surface area contributed by atoms with Gasteiger partial charge < -0.3 is 5.11 Å². The fourth-order valence-electron chi connectivity index (χ4n) is 3.23. The van der Waals surface area contributed by atoms with Crippen molar-refractivity contribution in [1.29, 1.82) is 0 Å². The minimum atomic E-state index is -4.11. The smallest absolute Gasteiger partial charge is 0.210 e. The number of hydrogen-bond acceptors (Lipinski definition) is 6. The van der Waals surface area contributed by atoms with Crippen LogP contribution in [0, 0.1) is 0 Å². The average molecular weight is 376 g/mol. The number of fused-ring (bicyclic) bond motifs is 2. The first-order valence-corrected chi connectivity index (χ1v) is 10.4. The number of hydrogen-bond donors (Lipinski definition) is 1. The minimum Gasteiger partial charge on any atom is -0.387 e. The van der Waals surface area contributed by atoms with Gasteiger partial charge in [-0.3, -0.25) is 4.79 Å². The topological polar surface area (TPSA) is 106 Å². The number of carbonyl (C=O) groups is 1. The van der Waals surface area contributed by atoms with E-state index in [4.69, 9.17) is 0 Å². The molecule has 2 aliphatic heterocycles. The first-order chi connectivity index (χ1) is 11.8. The number of rotatable bonds is 1. The highest BCUT2D eigenvalue weighted by Gasteiger charge is 2.46. The van der Waals surface area contributed by atoms with Crippen molar-refractivity contribution in [2.45, 2.75) is 21.1 Å². The molecule has 128 valence electrons. The molecule has 2 aromatic carbocycles. The Morgan fingerprint density at radius 2 is 1.48 bits per heavy atom. The van der Waals surface area contributed by atoms with Gasteiger partial charge in [-0.15, -0.1) is 0 Å². The number of aliphatic hydroxyl groups excluding tert-OH is 1. The van der Waals surface area contributed by atoms with E-state index in [1.165, 1.54) is 42.5 Å². The molecule has 8 heteroatoms. The van der Waals surface area contributed by atoms with Crippen LogP contribution in [-0.4, -0.2) is 33.0 Å². The molecule has 25 heavy (non-hydrogen) atoms. The van der Waals surface area contributed by atoms with Crippen LogP contribution in [0.3, 0.4) is 0 Å². The number of ketones is 1. The normalized spacial score (nSPS) is 27.2. The molecule has 0 aromatic heterocycles. The Labute approximate surface area is 144 Å². The Kier molecular flexibility index (Phi) is 3.31. The van der Waals surface area contributed by atoms with Crippen molar-refractivity contribution < 1.29 is 26.7 Å². The number of sulfone groups is 2. The second-order valence-electron chi connectivity index (χ2n) is 5.85. The van der Waals surface area contributed by atoms with Gasteiger partial charge in [-0.05, 0) is 24.3 Å². The summed E-state index contributed by atoms with van der Waals surface area (Å²) >= 11 is 0. The van der Waals surface area contributed by atoms with Crippen LogP contribution in [-0.2, 0) is 19.7 Å². The molecule has 1 N–H and O–H groups in total. The van der Waals surface area contributed by atoms with Crippen LogP contribution in [0.25, 0.3) is 0 Å². The predicted molar refractivity (Wildman–Crippen MR) is 88.4 cm³/mol. The van der Waals surface area contributed by atoms with E-state index in [0.29, 0.717) is 0 Å². The first-order valence-electron chi connectivity index (χ1n) is 7.38. The fourth-order valence-corrected chi connectivity index (χ4v) is 6.83. The summed E-state index contributed by atoms with van der Waals surface area (Å²) in [6, 6.07) is 11.6. The zero-order chi connectivity index (χ0) is 18.0. The lowest BCUT2D eigenvalue weighted by Crippen LogP contribution is -2.21. The van der Waals surface area contributed by atoms with Crippen LogP contribution in [0.2, 0.25) is 0 Å². The summed E-state index contributed by atoms with van der Waals surface area (Å²) in [6.45, 7) is 0. The molecule has 2 heterocycles. The van der Waals surface area contributed by atoms with E-state index in [-0.39, 0.29) is 20.9 Å². The highest BCUT2D eigenvalue weighted by Crippen LogP contribution is 2.42. The van der Waals surface area contributed by atoms with E-state index in [1.807, 2.05) is 0 Å². The maximum atomic E-state index is 12.7. The molecule has 0 radical (unpaired) electrons. The van der Waals surface area contributed by atoms with Gasteiger partial charge >= 0.3 is 0 Å². The lowest BCUT2D eigenvalue weighted by atomic mass is 10.1. The molecule has 6 nitrogen and oxygen atoms in total. The highest BCUT2D eigenvalue weighted by molar-refractivity contribution is 7.97. The molecule has 0 amide bonds. The van der Waals surface area contributed by atoms with Gasteiger partial charge in [0.2, 0.25) is 15.6 Å². The first kappa shape index (κ1) is 16.2. The molecule has 2 atom stereocenters. The molecule has 2 aromatic rings. The standard InChI is InChI=1S/C17H12O6S2/c18-16-10-5-1-3-7-12(10)24(20,21)14(16)9-15-17(19)11-6-2-4-8-13(11)25(15,22)23/h1-9,14,16,18H/b15-9-. The van der Waals surface area contributed by atoms with Crippen molar-refractivity contribution >= 4 is 25.5 Å². The molecular formula is C17H12O6S2. The highest BCUT2D eigenvalue weighted by atomic mass is 32.2. The summed E-state index contributed by atoms with van der Waals surface area (Å²) in [4.78, 5) is 11.7. The van der Waals surface area contributed by atoms with Crippen molar-refractivity contribution in [3.63, 3.8) is 0 Å². The Hall–Kier alpha value is -2.29. The van der Waals surface area contributed by atoms with Crippen LogP contribution >= 0.6 is 0 Å². The Balaban J connectivity index is 1.91. The number of benzene rings is 2. The molecule has 0 fully saturated rings. The third-order valence-electron chi connectivity index (χ3n) is 4.46. The second kappa shape index (κ2) is 5.10. The maximum Gasteiger partial charge on any atom is 0.210 e. The summed E-state index contributed by atoms with van der Waals surface area (Å²) in [7, 11) is -8.10. The van der Waals surface area contributed by atoms with Gasteiger partial charge in [0.25, 0.3) is 0 Å². The quantitative estimate of drug-likeness (QED) is 0.755. The average Bonchev–Trinajstić information content (AvgIpc) is 2.90. The van der Waals surface area contributed by atoms with Crippen LogP contribution in [0.15, 0.2) is 69.3 Å². The summed E-state index contributed by atoms with van der Waals surface area (Å²) in [5, 5.41) is 8.86. The van der Waals surface area contributed by atoms with Gasteiger partial charge in [-0.25, -0.2) is 16.8 Å². The van der Waals surface area contributed by atoms with Gasteiger partial charge in [-0.1, -0.05) is 30.3 Å². The van der Waals surface area contributed by atoms with Crippen LogP contribution in [0.5, 0.6) is 0 Å². The number of Topliss-reactive ketones (excluding diaryl/α,β-unsaturated/α-hetero) is 1. The van der Waals surface area contributed by atoms with Crippen molar-refractivity contribution in [2.24, 2.45) is 0 Å². The molecule has 0 saturated heterocycles. The molecule has 4 rings (SSSR count). The zero-order valence-electron chi connectivity index (χ0n) is 12.7. The monoisotopic (exact) mass is 376 g/mol. The van der Waals surface area contributed by atoms with Crippen LogP contribution in [0.1, 0.15) is 22.0 Å². The van der Waals surface area contributed by atoms with E-state index in [0.717, 1.165) is 6.08 Å². The minimum absolute atomic E-state index is 0.0103. The number of carbonyl (C=O) groups excluding carboxylic acids is 1. The molecule has 0 aliphatic carbocycles. The van der Waals surface area contributed by atoms with E-state index < -0.39 is 41.7 Å². The Bertz CT molecular complexity index is 1160. The number of aliphatic hydroxyl groups is 1. The molecule has 0 spiro atoms. The van der Waals surface area contributed by atoms with Crippen LogP contribution in [0.4, 0.5) is 0 Å². The predicted octanol–water partition coefficient (Wildman–Crippen LogP) is 1.43. The van der Waals surface area contributed by atoms with Gasteiger partial charge in [0.05, 0.1) is 9.79 Å². The van der Waals surface area contributed by atoms with E-state index >= 15 is 0 Å². The van der Waals surface area contributed by atoms with Crippen LogP contribution < -0.4 is 0 Å². The van der Waals surface area contributed by atoms with E-state index in [9.17, 15) is 26.7 Å². The maximum absolute atomic E-state index is 12.7. The summed E-state index contributed by atoms with van der Waals surface area (Å²) < 4.78 is 50.5. The lowest BCUT2D eigenvalue weighted by Gasteiger charge is -2.10. The molecule has 2 unspecified atom stereocenters. The SMILES string of the molecule is O=C1/C(=C/C2C(O)c3ccccc3S2(=O)=O)S(=O)(=O)c2ccccc21. The van der Waals surface area contributed by atoms with Crippen molar-refractivity contribution in [2.75, 3.05) is 0 Å². The third kappa shape index (κ3) is 2.08. The summed E-state index contributed by atoms with van der Waals surface area (Å²) in [5.74, 6) is -0.756. The molecular weight excluding hydrogens is 364 g/mol. The zero-order valence-corrected chi connectivity index (χ0v) is 14.3. The van der Waals surface area contributed by atoms with E-state index in [1.54, 1.807) is 6.07 Å². The van der Waals surface area contributed by atoms with Gasteiger partial charge in [-0.2, -0.15) is 0 Å². The fraction of sp³-hybridized carbons (Fsp3) is 0.118. The largest absolute Gasteiger partial charge is 0.387 e. The Morgan fingerprint density at radius 1 is 0.880 bits per heavy atom.